The lowest BCUT2D eigenvalue weighted by Crippen LogP contribution is -2.10. The minimum atomic E-state index is 0.146. The van der Waals surface area contributed by atoms with Gasteiger partial charge in [-0.3, -0.25) is 0 Å². The number of nitrogens with one attached hydrogen (secondary N) is 1. The van der Waals surface area contributed by atoms with Gasteiger partial charge in [0, 0.05) is 16.8 Å². The molecule has 1 N–H and O–H groups in total. The summed E-state index contributed by atoms with van der Waals surface area (Å²) in [5.41, 5.74) is 9.84. The highest BCUT2D eigenvalue weighted by molar-refractivity contribution is 5.93. The molecule has 0 aromatic heterocycles. The molecule has 4 rings (SSSR count). The van der Waals surface area contributed by atoms with Crippen molar-refractivity contribution < 1.29 is 0 Å². The number of rotatable bonds is 4. The molecule has 0 saturated heterocycles. The van der Waals surface area contributed by atoms with Crippen molar-refractivity contribution in [1.29, 1.82) is 0 Å². The van der Waals surface area contributed by atoms with E-state index in [1.807, 2.05) is 0 Å². The summed E-state index contributed by atoms with van der Waals surface area (Å²) in [5, 5.41) is 3.74. The molecule has 0 radical (unpaired) electrons. The van der Waals surface area contributed by atoms with Gasteiger partial charge in [-0.15, -0.1) is 0 Å². The molecule has 0 heterocycles. The summed E-state index contributed by atoms with van der Waals surface area (Å²) < 4.78 is 0. The van der Waals surface area contributed by atoms with Gasteiger partial charge in [-0.25, -0.2) is 0 Å². The highest BCUT2D eigenvalue weighted by atomic mass is 14.9. The van der Waals surface area contributed by atoms with Crippen molar-refractivity contribution in [3.8, 4) is 22.3 Å². The van der Waals surface area contributed by atoms with Crippen LogP contribution in [0.3, 0.4) is 0 Å². The Hall–Kier alpha value is -3.32. The van der Waals surface area contributed by atoms with Gasteiger partial charge in [0.25, 0.3) is 0 Å². The molecular weight excluding hydrogens is 362 g/mol. The zero-order valence-corrected chi connectivity index (χ0v) is 18.2. The molecule has 0 unspecified atom stereocenters. The van der Waals surface area contributed by atoms with E-state index in [2.05, 4.69) is 130 Å². The van der Waals surface area contributed by atoms with Crippen LogP contribution in [0.2, 0.25) is 0 Å². The second-order valence-corrected chi connectivity index (χ2v) is 8.92. The van der Waals surface area contributed by atoms with Crippen LogP contribution in [0, 0.1) is 6.92 Å². The largest absolute Gasteiger partial charge is 0.355 e. The third-order valence-corrected chi connectivity index (χ3v) is 5.47. The molecule has 0 fully saturated rings. The predicted octanol–water partition coefficient (Wildman–Crippen LogP) is 8.37. The molecule has 4 aromatic carbocycles. The summed E-state index contributed by atoms with van der Waals surface area (Å²) in [4.78, 5) is 0. The topological polar surface area (TPSA) is 12.0 Å². The number of hydrogen-bond acceptors (Lipinski definition) is 1. The standard InChI is InChI=1S/C29H29N/c1-21-19-26(22-11-7-5-8-12-22)28(27(20-21)23-13-9-6-10-14-23)30-25-17-15-24(16-18-25)29(2,3)4/h5-20,30H,1-4H3. The van der Waals surface area contributed by atoms with E-state index in [0.717, 1.165) is 11.4 Å². The molecule has 4 aromatic rings. The molecule has 0 saturated carbocycles. The summed E-state index contributed by atoms with van der Waals surface area (Å²) in [6.45, 7) is 8.91. The maximum absolute atomic E-state index is 3.74. The normalized spacial score (nSPS) is 11.3. The summed E-state index contributed by atoms with van der Waals surface area (Å²) in [5.74, 6) is 0. The highest BCUT2D eigenvalue weighted by Gasteiger charge is 2.16. The molecule has 1 nitrogen and oxygen atoms in total. The van der Waals surface area contributed by atoms with Gasteiger partial charge in [0.2, 0.25) is 0 Å². The second kappa shape index (κ2) is 8.20. The lowest BCUT2D eigenvalue weighted by atomic mass is 9.87. The third kappa shape index (κ3) is 4.31. The Balaban J connectivity index is 1.86. The fourth-order valence-electron chi connectivity index (χ4n) is 3.81. The van der Waals surface area contributed by atoms with Crippen LogP contribution in [-0.4, -0.2) is 0 Å². The molecule has 150 valence electrons. The van der Waals surface area contributed by atoms with Crippen molar-refractivity contribution in [3.05, 3.63) is 108 Å². The first-order valence-electron chi connectivity index (χ1n) is 10.5. The van der Waals surface area contributed by atoms with Crippen LogP contribution >= 0.6 is 0 Å². The summed E-state index contributed by atoms with van der Waals surface area (Å²) in [6, 6.07) is 34.6. The van der Waals surface area contributed by atoms with Gasteiger partial charge < -0.3 is 5.32 Å². The lowest BCUT2D eigenvalue weighted by Gasteiger charge is -2.21. The Kier molecular flexibility index (Phi) is 5.46. The van der Waals surface area contributed by atoms with Crippen molar-refractivity contribution in [1.82, 2.24) is 0 Å². The molecule has 1 heteroatoms. The smallest absolute Gasteiger partial charge is 0.0543 e. The number of anilines is 2. The second-order valence-electron chi connectivity index (χ2n) is 8.92. The SMILES string of the molecule is Cc1cc(-c2ccccc2)c(Nc2ccc(C(C)(C)C)cc2)c(-c2ccccc2)c1. The van der Waals surface area contributed by atoms with E-state index in [-0.39, 0.29) is 5.41 Å². The minimum Gasteiger partial charge on any atom is -0.355 e. The van der Waals surface area contributed by atoms with Crippen molar-refractivity contribution in [2.45, 2.75) is 33.1 Å². The first-order chi connectivity index (χ1) is 14.4. The summed E-state index contributed by atoms with van der Waals surface area (Å²) in [6.07, 6.45) is 0. The van der Waals surface area contributed by atoms with E-state index < -0.39 is 0 Å². The summed E-state index contributed by atoms with van der Waals surface area (Å²) >= 11 is 0. The van der Waals surface area contributed by atoms with E-state index in [1.165, 1.54) is 33.4 Å². The van der Waals surface area contributed by atoms with E-state index in [4.69, 9.17) is 0 Å². The monoisotopic (exact) mass is 391 g/mol. The van der Waals surface area contributed by atoms with Gasteiger partial charge in [0.15, 0.2) is 0 Å². The van der Waals surface area contributed by atoms with Gasteiger partial charge in [-0.05, 0) is 58.9 Å². The van der Waals surface area contributed by atoms with Crippen LogP contribution < -0.4 is 5.32 Å². The van der Waals surface area contributed by atoms with Gasteiger partial charge in [-0.1, -0.05) is 93.6 Å². The zero-order chi connectivity index (χ0) is 21.1. The van der Waals surface area contributed by atoms with Crippen molar-refractivity contribution >= 4 is 11.4 Å². The highest BCUT2D eigenvalue weighted by Crippen LogP contribution is 2.40. The zero-order valence-electron chi connectivity index (χ0n) is 18.2. The van der Waals surface area contributed by atoms with Crippen LogP contribution in [0.1, 0.15) is 31.9 Å². The quantitative estimate of drug-likeness (QED) is 0.368. The van der Waals surface area contributed by atoms with Crippen LogP contribution in [-0.2, 0) is 5.41 Å². The molecular formula is C29H29N. The van der Waals surface area contributed by atoms with Crippen molar-refractivity contribution in [3.63, 3.8) is 0 Å². The van der Waals surface area contributed by atoms with Gasteiger partial charge in [0.05, 0.1) is 5.69 Å². The molecule has 0 bridgehead atoms. The molecule has 0 atom stereocenters. The Bertz CT molecular complexity index is 1060. The van der Waals surface area contributed by atoms with Crippen molar-refractivity contribution in [2.75, 3.05) is 5.32 Å². The molecule has 0 spiro atoms. The van der Waals surface area contributed by atoms with Crippen LogP contribution in [0.5, 0.6) is 0 Å². The maximum Gasteiger partial charge on any atom is 0.0543 e. The third-order valence-electron chi connectivity index (χ3n) is 5.47. The molecule has 0 aliphatic rings. The first kappa shape index (κ1) is 20.0. The van der Waals surface area contributed by atoms with E-state index in [0.29, 0.717) is 0 Å². The number of benzene rings is 4. The molecule has 30 heavy (non-hydrogen) atoms. The molecule has 0 aliphatic carbocycles. The molecule has 0 aliphatic heterocycles. The predicted molar refractivity (Wildman–Crippen MR) is 130 cm³/mol. The average molecular weight is 392 g/mol. The van der Waals surface area contributed by atoms with Crippen molar-refractivity contribution in [2.24, 2.45) is 0 Å². The van der Waals surface area contributed by atoms with Crippen LogP contribution in [0.4, 0.5) is 11.4 Å². The number of aryl methyl sites for hydroxylation is 1. The first-order valence-corrected chi connectivity index (χ1v) is 10.5. The van der Waals surface area contributed by atoms with Crippen LogP contribution in [0.25, 0.3) is 22.3 Å². The lowest BCUT2D eigenvalue weighted by molar-refractivity contribution is 0.590. The maximum atomic E-state index is 3.74. The van der Waals surface area contributed by atoms with Gasteiger partial charge in [0.1, 0.15) is 0 Å². The average Bonchev–Trinajstić information content (AvgIpc) is 2.75. The summed E-state index contributed by atoms with van der Waals surface area (Å²) in [7, 11) is 0. The minimum absolute atomic E-state index is 0.146. The van der Waals surface area contributed by atoms with Crippen LogP contribution in [0.15, 0.2) is 97.1 Å². The fourth-order valence-corrected chi connectivity index (χ4v) is 3.81. The Morgan fingerprint density at radius 1 is 0.600 bits per heavy atom. The van der Waals surface area contributed by atoms with Gasteiger partial charge >= 0.3 is 0 Å². The van der Waals surface area contributed by atoms with E-state index >= 15 is 0 Å². The van der Waals surface area contributed by atoms with E-state index in [1.54, 1.807) is 0 Å². The van der Waals surface area contributed by atoms with Gasteiger partial charge in [-0.2, -0.15) is 0 Å². The fraction of sp³-hybridized carbons (Fsp3) is 0.172. The Morgan fingerprint density at radius 2 is 1.07 bits per heavy atom. The number of hydrogen-bond donors (Lipinski definition) is 1. The molecule has 0 amide bonds. The Labute approximate surface area is 180 Å². The Morgan fingerprint density at radius 3 is 1.50 bits per heavy atom. The van der Waals surface area contributed by atoms with E-state index in [9.17, 15) is 0 Å².